The van der Waals surface area contributed by atoms with Crippen molar-refractivity contribution in [3.05, 3.63) is 36.5 Å². The molecule has 1 amide bonds. The van der Waals surface area contributed by atoms with E-state index in [9.17, 15) is 4.79 Å². The van der Waals surface area contributed by atoms with Crippen LogP contribution >= 0.6 is 0 Å². The zero-order chi connectivity index (χ0) is 9.54. The van der Waals surface area contributed by atoms with Gasteiger partial charge in [0.2, 0.25) is 12.1 Å². The number of hydrogen-bond donors (Lipinski definition) is 1. The van der Waals surface area contributed by atoms with Gasteiger partial charge in [-0.05, 0) is 18.2 Å². The van der Waals surface area contributed by atoms with Crippen molar-refractivity contribution in [2.75, 3.05) is 5.32 Å². The lowest BCUT2D eigenvalue weighted by atomic mass is 10.1. The summed E-state index contributed by atoms with van der Waals surface area (Å²) in [4.78, 5) is 11.3. The van der Waals surface area contributed by atoms with E-state index >= 15 is 0 Å². The second-order valence-electron chi connectivity index (χ2n) is 3.43. The highest BCUT2D eigenvalue weighted by Gasteiger charge is 2.22. The van der Waals surface area contributed by atoms with Gasteiger partial charge in [0.25, 0.3) is 5.91 Å². The molecule has 2 aromatic rings. The standard InChI is InChI=1S/C11H8N2O.BrH/c14-10-7-13-6-2-4-8-3-1-5-9(12-10)11(8)13;/h1-6H,7H2;1H. The molecule has 0 atom stereocenters. The van der Waals surface area contributed by atoms with E-state index in [1.165, 1.54) is 0 Å². The van der Waals surface area contributed by atoms with Crippen LogP contribution in [0.4, 0.5) is 5.69 Å². The fraction of sp³-hybridized carbons (Fsp3) is 0.0909. The Bertz CT molecular complexity index is 496. The fourth-order valence-electron chi connectivity index (χ4n) is 1.92. The van der Waals surface area contributed by atoms with Gasteiger partial charge in [0.05, 0.1) is 0 Å². The summed E-state index contributed by atoms with van der Waals surface area (Å²) in [6, 6.07) is 9.94. The maximum atomic E-state index is 11.3. The number of rotatable bonds is 0. The molecule has 1 aromatic carbocycles. The Morgan fingerprint density at radius 2 is 2.00 bits per heavy atom. The first-order valence-corrected chi connectivity index (χ1v) is 4.56. The van der Waals surface area contributed by atoms with Crippen LogP contribution in [0.1, 0.15) is 0 Å². The van der Waals surface area contributed by atoms with Crippen LogP contribution in [0.25, 0.3) is 10.9 Å². The summed E-state index contributed by atoms with van der Waals surface area (Å²) >= 11 is 0. The van der Waals surface area contributed by atoms with Crippen LogP contribution in [-0.4, -0.2) is 5.91 Å². The molecule has 0 fully saturated rings. The summed E-state index contributed by atoms with van der Waals surface area (Å²) < 4.78 is 1.98. The van der Waals surface area contributed by atoms with Crippen molar-refractivity contribution in [3.8, 4) is 0 Å². The number of aromatic nitrogens is 1. The number of amides is 1. The van der Waals surface area contributed by atoms with Crippen LogP contribution < -0.4 is 26.9 Å². The molecule has 4 heteroatoms. The number of pyridine rings is 1. The van der Waals surface area contributed by atoms with Crippen LogP contribution in [0.15, 0.2) is 36.5 Å². The van der Waals surface area contributed by atoms with E-state index in [2.05, 4.69) is 5.32 Å². The van der Waals surface area contributed by atoms with Gasteiger partial charge in [-0.25, -0.2) is 0 Å². The molecular weight excluding hydrogens is 256 g/mol. The van der Waals surface area contributed by atoms with Gasteiger partial charge in [-0.1, -0.05) is 6.07 Å². The summed E-state index contributed by atoms with van der Waals surface area (Å²) in [5.74, 6) is 0.0428. The number of anilines is 1. The van der Waals surface area contributed by atoms with Crippen molar-refractivity contribution in [2.24, 2.45) is 0 Å². The van der Waals surface area contributed by atoms with Crippen molar-refractivity contribution in [1.29, 1.82) is 0 Å². The molecule has 15 heavy (non-hydrogen) atoms. The molecule has 1 aliphatic heterocycles. The summed E-state index contributed by atoms with van der Waals surface area (Å²) in [6.07, 6.45) is 1.94. The summed E-state index contributed by atoms with van der Waals surface area (Å²) in [6.45, 7) is 0.411. The molecule has 0 aliphatic carbocycles. The highest BCUT2D eigenvalue weighted by atomic mass is 79.9. The average molecular weight is 265 g/mol. The zero-order valence-corrected chi connectivity index (χ0v) is 9.49. The molecule has 76 valence electrons. The van der Waals surface area contributed by atoms with E-state index in [1.54, 1.807) is 0 Å². The average Bonchev–Trinajstić information content (AvgIpc) is 2.18. The van der Waals surface area contributed by atoms with Gasteiger partial charge in [-0.2, -0.15) is 4.57 Å². The number of carbonyl (C=O) groups excluding carboxylic acids is 1. The van der Waals surface area contributed by atoms with Crippen molar-refractivity contribution in [2.45, 2.75) is 6.54 Å². The number of halogens is 1. The molecular formula is C11H9BrN2O. The van der Waals surface area contributed by atoms with Gasteiger partial charge in [0.1, 0.15) is 5.69 Å². The van der Waals surface area contributed by atoms with Crippen LogP contribution in [-0.2, 0) is 11.3 Å². The number of nitrogens with one attached hydrogen (secondary N) is 1. The van der Waals surface area contributed by atoms with E-state index in [4.69, 9.17) is 0 Å². The first-order chi connectivity index (χ1) is 6.84. The first-order valence-electron chi connectivity index (χ1n) is 4.56. The SMILES string of the molecule is O=C1C[n+]2cccc3cccc(c32)N1.[Br-]. The number of carbonyl (C=O) groups is 1. The molecule has 0 bridgehead atoms. The molecule has 1 aliphatic rings. The van der Waals surface area contributed by atoms with Gasteiger partial charge in [-0.15, -0.1) is 0 Å². The van der Waals surface area contributed by atoms with Gasteiger partial charge in [-0.3, -0.25) is 4.79 Å². The number of benzene rings is 1. The molecule has 1 aromatic heterocycles. The predicted octanol–water partition coefficient (Wildman–Crippen LogP) is -1.92. The molecule has 0 unspecified atom stereocenters. The normalized spacial score (nSPS) is 13.2. The minimum atomic E-state index is 0. The second kappa shape index (κ2) is 3.62. The molecule has 1 N–H and O–H groups in total. The molecule has 0 spiro atoms. The Labute approximate surface area is 97.5 Å². The molecule has 0 radical (unpaired) electrons. The number of para-hydroxylation sites is 1. The van der Waals surface area contributed by atoms with Crippen molar-refractivity contribution in [3.63, 3.8) is 0 Å². The highest BCUT2D eigenvalue weighted by molar-refractivity contribution is 6.00. The maximum Gasteiger partial charge on any atom is 0.290 e. The van der Waals surface area contributed by atoms with Gasteiger partial charge >= 0.3 is 0 Å². The third-order valence-corrected chi connectivity index (χ3v) is 2.48. The minimum Gasteiger partial charge on any atom is -1.00 e. The molecule has 0 saturated heterocycles. The minimum absolute atomic E-state index is 0. The third kappa shape index (κ3) is 1.51. The smallest absolute Gasteiger partial charge is 0.290 e. The Morgan fingerprint density at radius 3 is 2.87 bits per heavy atom. The van der Waals surface area contributed by atoms with Gasteiger partial charge in [0.15, 0.2) is 6.20 Å². The van der Waals surface area contributed by atoms with Crippen LogP contribution in [0.2, 0.25) is 0 Å². The quantitative estimate of drug-likeness (QED) is 0.554. The van der Waals surface area contributed by atoms with Crippen LogP contribution in [0, 0.1) is 0 Å². The number of nitrogens with zero attached hydrogens (tertiary/aromatic N) is 1. The Balaban J connectivity index is 0.000000853. The highest BCUT2D eigenvalue weighted by Crippen LogP contribution is 2.21. The van der Waals surface area contributed by atoms with Crippen molar-refractivity contribution >= 4 is 22.5 Å². The van der Waals surface area contributed by atoms with E-state index in [0.29, 0.717) is 6.54 Å². The van der Waals surface area contributed by atoms with E-state index in [-0.39, 0.29) is 22.9 Å². The van der Waals surface area contributed by atoms with E-state index in [0.717, 1.165) is 16.6 Å². The largest absolute Gasteiger partial charge is 1.00 e. The lowest BCUT2D eigenvalue weighted by molar-refractivity contribution is -0.658. The lowest BCUT2D eigenvalue weighted by Crippen LogP contribution is -3.00. The Hall–Kier alpha value is -1.42. The predicted molar refractivity (Wildman–Crippen MR) is 52.8 cm³/mol. The van der Waals surface area contributed by atoms with Crippen LogP contribution in [0.5, 0.6) is 0 Å². The molecule has 2 heterocycles. The number of hydrogen-bond acceptors (Lipinski definition) is 1. The van der Waals surface area contributed by atoms with Gasteiger partial charge in [0, 0.05) is 11.5 Å². The van der Waals surface area contributed by atoms with E-state index < -0.39 is 0 Å². The van der Waals surface area contributed by atoms with E-state index in [1.807, 2.05) is 41.1 Å². The second-order valence-corrected chi connectivity index (χ2v) is 3.43. The topological polar surface area (TPSA) is 33.0 Å². The molecule has 3 rings (SSSR count). The summed E-state index contributed by atoms with van der Waals surface area (Å²) in [7, 11) is 0. The Morgan fingerprint density at radius 1 is 1.20 bits per heavy atom. The fourth-order valence-corrected chi connectivity index (χ4v) is 1.92. The first kappa shape index (κ1) is 10.1. The van der Waals surface area contributed by atoms with Crippen molar-refractivity contribution in [1.82, 2.24) is 0 Å². The van der Waals surface area contributed by atoms with Crippen LogP contribution in [0.3, 0.4) is 0 Å². The zero-order valence-electron chi connectivity index (χ0n) is 7.90. The monoisotopic (exact) mass is 264 g/mol. The third-order valence-electron chi connectivity index (χ3n) is 2.48. The Kier molecular flexibility index (Phi) is 2.44. The van der Waals surface area contributed by atoms with Gasteiger partial charge < -0.3 is 22.3 Å². The molecule has 3 nitrogen and oxygen atoms in total. The summed E-state index contributed by atoms with van der Waals surface area (Å²) in [5, 5.41) is 4.02. The van der Waals surface area contributed by atoms with Crippen molar-refractivity contribution < 1.29 is 26.3 Å². The lowest BCUT2D eigenvalue weighted by Gasteiger charge is -2.11. The summed E-state index contributed by atoms with van der Waals surface area (Å²) in [5.41, 5.74) is 2.01. The molecule has 0 saturated carbocycles. The maximum absolute atomic E-state index is 11.3.